The molecule has 10 nitrogen and oxygen atoms in total. The van der Waals surface area contributed by atoms with Crippen LogP contribution in [0.15, 0.2) is 24.3 Å². The van der Waals surface area contributed by atoms with E-state index >= 15 is 0 Å². The zero-order chi connectivity index (χ0) is 28.1. The molecule has 2 aliphatic heterocycles. The smallest absolute Gasteiger partial charge is 0.408 e. The summed E-state index contributed by atoms with van der Waals surface area (Å²) in [6.07, 6.45) is 3.78. The van der Waals surface area contributed by atoms with Crippen LogP contribution >= 0.6 is 0 Å². The van der Waals surface area contributed by atoms with Gasteiger partial charge in [-0.3, -0.25) is 19.3 Å². The molecule has 0 bridgehead atoms. The molecular formula is C29H37N5O5. The van der Waals surface area contributed by atoms with Gasteiger partial charge in [-0.05, 0) is 63.5 Å². The zero-order valence-corrected chi connectivity index (χ0v) is 22.8. The molecule has 39 heavy (non-hydrogen) atoms. The van der Waals surface area contributed by atoms with Gasteiger partial charge in [0.25, 0.3) is 0 Å². The number of amides is 4. The molecule has 3 fully saturated rings. The predicted octanol–water partition coefficient (Wildman–Crippen LogP) is 3.23. The molecule has 0 radical (unpaired) electrons. The molecule has 4 aliphatic rings. The van der Waals surface area contributed by atoms with E-state index in [1.165, 1.54) is 9.80 Å². The van der Waals surface area contributed by atoms with E-state index in [4.69, 9.17) is 0 Å². The third kappa shape index (κ3) is 4.83. The molecule has 2 heterocycles. The number of hydrogen-bond acceptors (Lipinski definition) is 5. The van der Waals surface area contributed by atoms with Gasteiger partial charge in [-0.15, -0.1) is 0 Å². The summed E-state index contributed by atoms with van der Waals surface area (Å²) in [4.78, 5) is 56.0. The van der Waals surface area contributed by atoms with Crippen LogP contribution in [0.5, 0.6) is 0 Å². The highest BCUT2D eigenvalue weighted by Gasteiger charge is 2.57. The molecule has 5 rings (SSSR count). The number of hydrogen-bond donors (Lipinski definition) is 3. The number of nitrogens with zero attached hydrogens (tertiary/aromatic N) is 3. The summed E-state index contributed by atoms with van der Waals surface area (Å²) in [6.45, 7) is 5.34. The van der Waals surface area contributed by atoms with Crippen molar-refractivity contribution in [2.45, 2.75) is 94.8 Å². The highest BCUT2D eigenvalue weighted by Crippen LogP contribution is 2.46. The lowest BCUT2D eigenvalue weighted by atomic mass is 9.77. The second kappa shape index (κ2) is 9.85. The van der Waals surface area contributed by atoms with E-state index in [0.717, 1.165) is 37.7 Å². The Morgan fingerprint density at radius 3 is 2.49 bits per heavy atom. The minimum absolute atomic E-state index is 0.0548. The Balaban J connectivity index is 1.41. The van der Waals surface area contributed by atoms with Crippen LogP contribution in [-0.4, -0.2) is 68.9 Å². The number of nitrogens with one attached hydrogen (secondary N) is 2. The standard InChI is InChI=1S/C29H37N5O5/c1-28(2,3)34(27(38)39)23(18-7-6-8-18)24(35)31-22(13-17-11-12-17)25(36)33-16-29(14-19(33)15-30)20-9-4-5-10-21(20)32-26(29)37/h4-5,9-10,17-19,22-23H,6-8,11-14,16H2,1-3H3,(H,31,35)(H,32,37)(H,38,39)/t19-,22?,23?,29-/m0/s1. The molecule has 2 saturated carbocycles. The van der Waals surface area contributed by atoms with Crippen LogP contribution in [0.1, 0.15) is 71.3 Å². The normalized spacial score (nSPS) is 25.7. The van der Waals surface area contributed by atoms with E-state index in [0.29, 0.717) is 12.1 Å². The number of carboxylic acid groups (broad SMARTS) is 1. The van der Waals surface area contributed by atoms with E-state index in [1.807, 2.05) is 24.3 Å². The lowest BCUT2D eigenvalue weighted by molar-refractivity contribution is -0.140. The topological polar surface area (TPSA) is 143 Å². The Kier molecular flexibility index (Phi) is 6.81. The van der Waals surface area contributed by atoms with Gasteiger partial charge in [-0.1, -0.05) is 37.5 Å². The van der Waals surface area contributed by atoms with E-state index in [-0.39, 0.29) is 36.6 Å². The lowest BCUT2D eigenvalue weighted by Gasteiger charge is -2.45. The number of likely N-dealkylation sites (tertiary alicyclic amines) is 1. The first kappa shape index (κ1) is 27.0. The van der Waals surface area contributed by atoms with Crippen LogP contribution in [-0.2, 0) is 19.8 Å². The maximum absolute atomic E-state index is 14.0. The second-order valence-corrected chi connectivity index (χ2v) is 12.6. The van der Waals surface area contributed by atoms with Crippen molar-refractivity contribution in [2.24, 2.45) is 11.8 Å². The van der Waals surface area contributed by atoms with Gasteiger partial charge in [-0.2, -0.15) is 5.26 Å². The fraction of sp³-hybridized carbons (Fsp3) is 0.621. The number of nitriles is 1. The SMILES string of the molecule is CC(C)(C)N(C(=O)O)C(C(=O)NC(CC1CC1)C(=O)N1C[C@]2(C[C@H]1C#N)C(=O)Nc1ccccc12)C1CCC1. The molecule has 10 heteroatoms. The van der Waals surface area contributed by atoms with Gasteiger partial charge in [0.2, 0.25) is 17.7 Å². The van der Waals surface area contributed by atoms with Crippen LogP contribution in [0.4, 0.5) is 10.5 Å². The first-order valence-corrected chi connectivity index (χ1v) is 13.9. The van der Waals surface area contributed by atoms with Crippen molar-refractivity contribution in [2.75, 3.05) is 11.9 Å². The Bertz CT molecular complexity index is 1230. The van der Waals surface area contributed by atoms with Crippen LogP contribution < -0.4 is 10.6 Å². The molecule has 2 aliphatic carbocycles. The van der Waals surface area contributed by atoms with Gasteiger partial charge in [-0.25, -0.2) is 4.79 Å². The van der Waals surface area contributed by atoms with E-state index in [2.05, 4.69) is 16.7 Å². The van der Waals surface area contributed by atoms with Gasteiger partial charge in [0.05, 0.1) is 11.5 Å². The monoisotopic (exact) mass is 535 g/mol. The third-order valence-electron chi connectivity index (χ3n) is 8.87. The quantitative estimate of drug-likeness (QED) is 0.489. The summed E-state index contributed by atoms with van der Waals surface area (Å²) in [7, 11) is 0. The molecule has 1 spiro atoms. The minimum Gasteiger partial charge on any atom is -0.465 e. The maximum Gasteiger partial charge on any atom is 0.408 e. The highest BCUT2D eigenvalue weighted by atomic mass is 16.4. The Morgan fingerprint density at radius 1 is 1.23 bits per heavy atom. The molecule has 1 aromatic rings. The van der Waals surface area contributed by atoms with Gasteiger partial charge in [0, 0.05) is 24.2 Å². The third-order valence-corrected chi connectivity index (χ3v) is 8.87. The average Bonchev–Trinajstić information content (AvgIpc) is 3.50. The first-order chi connectivity index (χ1) is 18.5. The van der Waals surface area contributed by atoms with Crippen molar-refractivity contribution < 1.29 is 24.3 Å². The van der Waals surface area contributed by atoms with E-state index < -0.39 is 41.1 Å². The van der Waals surface area contributed by atoms with Crippen LogP contribution in [0.2, 0.25) is 0 Å². The van der Waals surface area contributed by atoms with E-state index in [9.17, 15) is 29.5 Å². The number of anilines is 1. The molecule has 0 aromatic heterocycles. The highest BCUT2D eigenvalue weighted by molar-refractivity contribution is 6.07. The molecule has 4 atom stereocenters. The van der Waals surface area contributed by atoms with Crippen molar-refractivity contribution in [1.82, 2.24) is 15.1 Å². The number of benzene rings is 1. The molecular weight excluding hydrogens is 498 g/mol. The lowest BCUT2D eigenvalue weighted by Crippen LogP contribution is -2.62. The largest absolute Gasteiger partial charge is 0.465 e. The van der Waals surface area contributed by atoms with Crippen LogP contribution in [0.3, 0.4) is 0 Å². The Morgan fingerprint density at radius 2 is 1.92 bits per heavy atom. The van der Waals surface area contributed by atoms with Crippen molar-refractivity contribution >= 4 is 29.5 Å². The summed E-state index contributed by atoms with van der Waals surface area (Å²) in [6, 6.07) is 6.93. The van der Waals surface area contributed by atoms with Gasteiger partial charge in [0.15, 0.2) is 0 Å². The second-order valence-electron chi connectivity index (χ2n) is 12.6. The molecule has 3 N–H and O–H groups in total. The summed E-state index contributed by atoms with van der Waals surface area (Å²) in [5.41, 5.74) is -0.353. The summed E-state index contributed by atoms with van der Waals surface area (Å²) in [5.74, 6) is -0.914. The van der Waals surface area contributed by atoms with Crippen molar-refractivity contribution in [1.29, 1.82) is 5.26 Å². The first-order valence-electron chi connectivity index (χ1n) is 13.9. The maximum atomic E-state index is 14.0. The molecule has 4 amide bonds. The zero-order valence-electron chi connectivity index (χ0n) is 22.8. The fourth-order valence-electron chi connectivity index (χ4n) is 6.47. The Hall–Kier alpha value is -3.61. The van der Waals surface area contributed by atoms with Gasteiger partial charge >= 0.3 is 6.09 Å². The van der Waals surface area contributed by atoms with Crippen molar-refractivity contribution in [3.63, 3.8) is 0 Å². The number of rotatable bonds is 7. The number of carbonyl (C=O) groups is 4. The molecule has 1 saturated heterocycles. The van der Waals surface area contributed by atoms with Crippen molar-refractivity contribution in [3.05, 3.63) is 29.8 Å². The van der Waals surface area contributed by atoms with E-state index in [1.54, 1.807) is 20.8 Å². The fourth-order valence-corrected chi connectivity index (χ4v) is 6.47. The molecule has 208 valence electrons. The summed E-state index contributed by atoms with van der Waals surface area (Å²) >= 11 is 0. The number of para-hydroxylation sites is 1. The summed E-state index contributed by atoms with van der Waals surface area (Å²) in [5, 5.41) is 25.9. The van der Waals surface area contributed by atoms with Gasteiger partial charge < -0.3 is 20.6 Å². The number of carbonyl (C=O) groups excluding carboxylic acids is 3. The van der Waals surface area contributed by atoms with Crippen molar-refractivity contribution in [3.8, 4) is 6.07 Å². The van der Waals surface area contributed by atoms with Crippen LogP contribution in [0, 0.1) is 23.2 Å². The average molecular weight is 536 g/mol. The number of fused-ring (bicyclic) bond motifs is 2. The molecule has 1 aromatic carbocycles. The molecule has 2 unspecified atom stereocenters. The minimum atomic E-state index is -1.17. The summed E-state index contributed by atoms with van der Waals surface area (Å²) < 4.78 is 0. The Labute approximate surface area is 228 Å². The predicted molar refractivity (Wildman–Crippen MR) is 142 cm³/mol. The van der Waals surface area contributed by atoms with Crippen LogP contribution in [0.25, 0.3) is 0 Å². The van der Waals surface area contributed by atoms with Gasteiger partial charge in [0.1, 0.15) is 18.1 Å².